The SMILES string of the molecule is Cc1ccc(C(=O)OCC2OC(n3cc(CCCO[Si](C)(C)C(C)(C)C)c(N)nc3=O)CC2c2cc(C)ccc2C(=O)O)cc1. The van der Waals surface area contributed by atoms with Crippen LogP contribution in [-0.2, 0) is 20.3 Å². The van der Waals surface area contributed by atoms with Crippen molar-refractivity contribution in [3.8, 4) is 0 Å². The molecule has 45 heavy (non-hydrogen) atoms. The van der Waals surface area contributed by atoms with Gasteiger partial charge in [-0.25, -0.2) is 14.4 Å². The maximum atomic E-state index is 13.1. The van der Waals surface area contributed by atoms with Gasteiger partial charge in [-0.2, -0.15) is 4.98 Å². The molecule has 0 spiro atoms. The fraction of sp³-hybridized carbons (Fsp3) is 0.471. The van der Waals surface area contributed by atoms with E-state index in [1.165, 1.54) is 4.57 Å². The van der Waals surface area contributed by atoms with Gasteiger partial charge in [-0.15, -0.1) is 0 Å². The first-order valence-corrected chi connectivity index (χ1v) is 18.2. The molecule has 3 atom stereocenters. The molecule has 0 saturated carbocycles. The molecule has 0 bridgehead atoms. The number of rotatable bonds is 11. The van der Waals surface area contributed by atoms with E-state index in [2.05, 4.69) is 38.8 Å². The number of carbonyl (C=O) groups excluding carboxylic acids is 1. The number of esters is 1. The fourth-order valence-electron chi connectivity index (χ4n) is 5.22. The zero-order valence-electron chi connectivity index (χ0n) is 27.3. The van der Waals surface area contributed by atoms with Crippen LogP contribution in [0.15, 0.2) is 53.5 Å². The van der Waals surface area contributed by atoms with E-state index < -0.39 is 44.2 Å². The number of carboxylic acid groups (broad SMARTS) is 1. The minimum atomic E-state index is -1.90. The Morgan fingerprint density at radius 3 is 2.42 bits per heavy atom. The number of ether oxygens (including phenoxy) is 2. The van der Waals surface area contributed by atoms with Crippen molar-refractivity contribution in [2.45, 2.75) is 90.3 Å². The summed E-state index contributed by atoms with van der Waals surface area (Å²) in [5.74, 6) is -1.90. The summed E-state index contributed by atoms with van der Waals surface area (Å²) in [6.45, 7) is 15.2. The minimum Gasteiger partial charge on any atom is -0.478 e. The van der Waals surface area contributed by atoms with Crippen LogP contribution in [0.3, 0.4) is 0 Å². The van der Waals surface area contributed by atoms with E-state index in [-0.39, 0.29) is 29.4 Å². The number of nitrogens with zero attached hydrogens (tertiary/aromatic N) is 2. The summed E-state index contributed by atoms with van der Waals surface area (Å²) in [4.78, 5) is 42.2. The average molecular weight is 636 g/mol. The molecule has 0 amide bonds. The maximum absolute atomic E-state index is 13.1. The third-order valence-electron chi connectivity index (χ3n) is 8.97. The Hall–Kier alpha value is -3.80. The topological polar surface area (TPSA) is 143 Å². The fourth-order valence-corrected chi connectivity index (χ4v) is 6.31. The standard InChI is InChI=1S/C34H45N3O7Si/c1-21-10-13-23(14-11-21)32(40)42-20-28-27(26-17-22(2)12-15-25(26)31(38)39)18-29(44-28)37-19-24(30(35)36-33(37)41)9-8-16-43-45(6,7)34(3,4)5/h10-15,17,19,27-29H,8-9,16,18,20H2,1-7H3,(H,38,39)(H2,35,36,41). The number of anilines is 1. The molecule has 11 heteroatoms. The van der Waals surface area contributed by atoms with Gasteiger partial charge in [0.15, 0.2) is 8.32 Å². The van der Waals surface area contributed by atoms with Gasteiger partial charge in [-0.3, -0.25) is 4.57 Å². The molecule has 242 valence electrons. The third kappa shape index (κ3) is 8.08. The smallest absolute Gasteiger partial charge is 0.351 e. The number of benzene rings is 2. The van der Waals surface area contributed by atoms with Crippen molar-refractivity contribution in [1.82, 2.24) is 9.55 Å². The first kappa shape index (κ1) is 34.1. The van der Waals surface area contributed by atoms with Gasteiger partial charge in [0.1, 0.15) is 24.8 Å². The molecule has 4 rings (SSSR count). The number of carbonyl (C=O) groups is 2. The lowest BCUT2D eigenvalue weighted by Gasteiger charge is -2.36. The van der Waals surface area contributed by atoms with E-state index in [0.717, 1.165) is 11.1 Å². The highest BCUT2D eigenvalue weighted by atomic mass is 28.4. The molecule has 3 aromatic rings. The summed E-state index contributed by atoms with van der Waals surface area (Å²) < 4.78 is 19.7. The highest BCUT2D eigenvalue weighted by Gasteiger charge is 2.41. The Balaban J connectivity index is 1.58. The van der Waals surface area contributed by atoms with Gasteiger partial charge in [0.2, 0.25) is 0 Å². The number of nitrogen functional groups attached to an aromatic ring is 1. The molecule has 1 saturated heterocycles. The first-order chi connectivity index (χ1) is 21.1. The Kier molecular flexibility index (Phi) is 10.4. The van der Waals surface area contributed by atoms with Gasteiger partial charge in [-0.05, 0) is 68.6 Å². The lowest BCUT2D eigenvalue weighted by molar-refractivity contribution is -0.0367. The number of aromatic nitrogens is 2. The van der Waals surface area contributed by atoms with Crippen molar-refractivity contribution < 1.29 is 28.6 Å². The molecule has 3 N–H and O–H groups in total. The van der Waals surface area contributed by atoms with Crippen LogP contribution < -0.4 is 11.4 Å². The van der Waals surface area contributed by atoms with Crippen LogP contribution in [-0.4, -0.2) is 54.2 Å². The average Bonchev–Trinajstić information content (AvgIpc) is 3.38. The van der Waals surface area contributed by atoms with Crippen LogP contribution in [0.4, 0.5) is 5.82 Å². The highest BCUT2D eigenvalue weighted by molar-refractivity contribution is 6.74. The Bertz CT molecular complexity index is 1590. The molecule has 3 unspecified atom stereocenters. The van der Waals surface area contributed by atoms with E-state index >= 15 is 0 Å². The monoisotopic (exact) mass is 635 g/mol. The molecule has 1 aliphatic heterocycles. The van der Waals surface area contributed by atoms with E-state index in [1.54, 1.807) is 30.5 Å². The van der Waals surface area contributed by atoms with Crippen molar-refractivity contribution in [1.29, 1.82) is 0 Å². The van der Waals surface area contributed by atoms with E-state index in [0.29, 0.717) is 36.1 Å². The summed E-state index contributed by atoms with van der Waals surface area (Å²) in [7, 11) is -1.90. The second-order valence-electron chi connectivity index (χ2n) is 13.4. The van der Waals surface area contributed by atoms with Crippen molar-refractivity contribution in [2.24, 2.45) is 0 Å². The predicted octanol–water partition coefficient (Wildman–Crippen LogP) is 6.02. The summed E-state index contributed by atoms with van der Waals surface area (Å²) in [6, 6.07) is 12.1. The number of hydrogen-bond donors (Lipinski definition) is 2. The van der Waals surface area contributed by atoms with E-state index in [1.807, 2.05) is 32.0 Å². The number of nitrogens with two attached hydrogens (primary N) is 1. The van der Waals surface area contributed by atoms with Crippen molar-refractivity contribution >= 4 is 26.1 Å². The van der Waals surface area contributed by atoms with Gasteiger partial charge in [0, 0.05) is 30.7 Å². The molecule has 1 fully saturated rings. The Labute approximate surface area is 265 Å². The summed E-state index contributed by atoms with van der Waals surface area (Å²) in [5.41, 5.74) is 9.27. The Morgan fingerprint density at radius 2 is 1.78 bits per heavy atom. The molecular formula is C34H45N3O7Si. The largest absolute Gasteiger partial charge is 0.478 e. The van der Waals surface area contributed by atoms with Crippen LogP contribution >= 0.6 is 0 Å². The van der Waals surface area contributed by atoms with Gasteiger partial charge < -0.3 is 24.7 Å². The molecule has 0 radical (unpaired) electrons. The number of aryl methyl sites for hydroxylation is 3. The van der Waals surface area contributed by atoms with Crippen LogP contribution in [0, 0.1) is 13.8 Å². The lowest BCUT2D eigenvalue weighted by atomic mass is 9.87. The van der Waals surface area contributed by atoms with E-state index in [9.17, 15) is 19.5 Å². The minimum absolute atomic E-state index is 0.0972. The third-order valence-corrected chi connectivity index (χ3v) is 13.5. The van der Waals surface area contributed by atoms with Gasteiger partial charge in [-0.1, -0.05) is 56.2 Å². The van der Waals surface area contributed by atoms with Crippen LogP contribution in [0.5, 0.6) is 0 Å². The summed E-state index contributed by atoms with van der Waals surface area (Å²) >= 11 is 0. The highest BCUT2D eigenvalue weighted by Crippen LogP contribution is 2.42. The maximum Gasteiger partial charge on any atom is 0.351 e. The predicted molar refractivity (Wildman–Crippen MR) is 175 cm³/mol. The van der Waals surface area contributed by atoms with Crippen molar-refractivity contribution in [2.75, 3.05) is 18.9 Å². The normalized spacial score (nSPS) is 18.6. The van der Waals surface area contributed by atoms with Crippen molar-refractivity contribution in [3.05, 3.63) is 92.5 Å². The van der Waals surface area contributed by atoms with Crippen molar-refractivity contribution in [3.63, 3.8) is 0 Å². The number of carboxylic acids is 1. The molecule has 0 aliphatic carbocycles. The molecular weight excluding hydrogens is 590 g/mol. The number of aromatic carboxylic acids is 1. The summed E-state index contributed by atoms with van der Waals surface area (Å²) in [6.07, 6.45) is 1.72. The summed E-state index contributed by atoms with van der Waals surface area (Å²) in [5, 5.41) is 10.1. The molecule has 2 aromatic carbocycles. The molecule has 10 nitrogen and oxygen atoms in total. The van der Waals surface area contributed by atoms with Crippen LogP contribution in [0.1, 0.15) is 88.7 Å². The Morgan fingerprint density at radius 1 is 1.11 bits per heavy atom. The zero-order valence-corrected chi connectivity index (χ0v) is 28.3. The van der Waals surface area contributed by atoms with E-state index in [4.69, 9.17) is 19.6 Å². The molecule has 1 aromatic heterocycles. The lowest BCUT2D eigenvalue weighted by Crippen LogP contribution is -2.41. The second kappa shape index (κ2) is 13.7. The number of hydrogen-bond acceptors (Lipinski definition) is 8. The van der Waals surface area contributed by atoms with Gasteiger partial charge >= 0.3 is 17.6 Å². The second-order valence-corrected chi connectivity index (χ2v) is 18.2. The quantitative estimate of drug-likeness (QED) is 0.147. The zero-order chi connectivity index (χ0) is 33.1. The first-order valence-electron chi connectivity index (χ1n) is 15.3. The molecule has 1 aliphatic rings. The van der Waals surface area contributed by atoms with Crippen LogP contribution in [0.2, 0.25) is 18.1 Å². The van der Waals surface area contributed by atoms with Crippen LogP contribution in [0.25, 0.3) is 0 Å². The van der Waals surface area contributed by atoms with Gasteiger partial charge in [0.25, 0.3) is 0 Å². The van der Waals surface area contributed by atoms with Gasteiger partial charge in [0.05, 0.1) is 11.1 Å². The molecule has 2 heterocycles.